The number of benzene rings is 1. The highest BCUT2D eigenvalue weighted by atomic mass is 19.3. The number of unbranched alkanes of at least 4 members (excludes halogenated alkanes) is 2. The molecule has 2 saturated carbocycles. The van der Waals surface area contributed by atoms with Crippen LogP contribution in [-0.4, -0.2) is 5.92 Å². The van der Waals surface area contributed by atoms with Gasteiger partial charge >= 0.3 is 0 Å². The van der Waals surface area contributed by atoms with E-state index in [4.69, 9.17) is 0 Å². The fourth-order valence-electron chi connectivity index (χ4n) is 5.81. The van der Waals surface area contributed by atoms with Gasteiger partial charge in [0.2, 0.25) is 0 Å². The topological polar surface area (TPSA) is 0 Å². The Balaban J connectivity index is 1.48. The second-order valence-electron chi connectivity index (χ2n) is 9.60. The Hall–Kier alpha value is -0.920. The summed E-state index contributed by atoms with van der Waals surface area (Å²) in [5.74, 6) is -1.36. The quantitative estimate of drug-likeness (QED) is 0.390. The van der Waals surface area contributed by atoms with Crippen molar-refractivity contribution in [1.29, 1.82) is 0 Å². The zero-order valence-corrected chi connectivity index (χ0v) is 18.1. The van der Waals surface area contributed by atoms with E-state index in [0.29, 0.717) is 11.8 Å². The van der Waals surface area contributed by atoms with Crippen molar-refractivity contribution in [3.8, 4) is 0 Å². The SMILES string of the molecule is CCCCCC1CCC(C2CCC(c3ccc(CCC)cc3)CC2)CC1(F)F. The molecule has 1 aromatic rings. The third-order valence-electron chi connectivity index (χ3n) is 7.60. The van der Waals surface area contributed by atoms with Crippen molar-refractivity contribution >= 4 is 0 Å². The standard InChI is InChI=1S/C26H40F2/c1-3-5-6-8-25-18-17-24(19-26(25,27)28)23-15-13-22(14-16-23)21-11-9-20(7-4-2)10-12-21/h9-12,22-25H,3-8,13-19H2,1-2H3. The molecule has 0 amide bonds. The third-order valence-corrected chi connectivity index (χ3v) is 7.60. The Morgan fingerprint density at radius 3 is 2.11 bits per heavy atom. The molecular formula is C26H40F2. The van der Waals surface area contributed by atoms with Crippen LogP contribution in [0.25, 0.3) is 0 Å². The van der Waals surface area contributed by atoms with E-state index in [2.05, 4.69) is 38.1 Å². The van der Waals surface area contributed by atoms with Crippen molar-refractivity contribution in [1.82, 2.24) is 0 Å². The van der Waals surface area contributed by atoms with Gasteiger partial charge in [-0.1, -0.05) is 63.8 Å². The molecule has 0 nitrogen and oxygen atoms in total. The summed E-state index contributed by atoms with van der Waals surface area (Å²) in [4.78, 5) is 0. The number of aryl methyl sites for hydroxylation is 1. The maximum absolute atomic E-state index is 14.7. The summed E-state index contributed by atoms with van der Waals surface area (Å²) in [5.41, 5.74) is 2.89. The molecule has 158 valence electrons. The van der Waals surface area contributed by atoms with E-state index in [-0.39, 0.29) is 18.3 Å². The lowest BCUT2D eigenvalue weighted by Crippen LogP contribution is -2.38. The first-order valence-electron chi connectivity index (χ1n) is 12.0. The van der Waals surface area contributed by atoms with E-state index < -0.39 is 5.92 Å². The van der Waals surface area contributed by atoms with Gasteiger partial charge in [0.05, 0.1) is 0 Å². The van der Waals surface area contributed by atoms with Crippen molar-refractivity contribution in [3.05, 3.63) is 35.4 Å². The molecule has 0 spiro atoms. The first-order valence-corrected chi connectivity index (χ1v) is 12.0. The van der Waals surface area contributed by atoms with E-state index in [9.17, 15) is 8.78 Å². The molecule has 2 heteroatoms. The van der Waals surface area contributed by atoms with Crippen molar-refractivity contribution in [2.45, 2.75) is 109 Å². The summed E-state index contributed by atoms with van der Waals surface area (Å²) >= 11 is 0. The molecule has 0 heterocycles. The van der Waals surface area contributed by atoms with Crippen LogP contribution in [0.4, 0.5) is 8.78 Å². The molecule has 2 aliphatic carbocycles. The maximum Gasteiger partial charge on any atom is 0.251 e. The molecule has 0 aromatic heterocycles. The van der Waals surface area contributed by atoms with Gasteiger partial charge in [0.15, 0.2) is 0 Å². The van der Waals surface area contributed by atoms with Crippen LogP contribution in [0, 0.1) is 17.8 Å². The van der Waals surface area contributed by atoms with E-state index in [1.807, 2.05) is 0 Å². The minimum absolute atomic E-state index is 0.158. The Kier molecular flexibility index (Phi) is 7.94. The highest BCUT2D eigenvalue weighted by molar-refractivity contribution is 5.26. The molecule has 2 unspecified atom stereocenters. The van der Waals surface area contributed by atoms with Gasteiger partial charge in [0.1, 0.15) is 0 Å². The average Bonchev–Trinajstić information content (AvgIpc) is 2.70. The van der Waals surface area contributed by atoms with E-state index in [1.54, 1.807) is 0 Å². The number of halogens is 2. The zero-order chi connectivity index (χ0) is 20.0. The molecule has 28 heavy (non-hydrogen) atoms. The molecule has 2 fully saturated rings. The fourth-order valence-corrected chi connectivity index (χ4v) is 5.81. The summed E-state index contributed by atoms with van der Waals surface area (Å²) in [7, 11) is 0. The lowest BCUT2D eigenvalue weighted by molar-refractivity contribution is -0.115. The molecule has 0 N–H and O–H groups in total. The highest BCUT2D eigenvalue weighted by Crippen LogP contribution is 2.49. The second kappa shape index (κ2) is 10.2. The first-order chi connectivity index (χ1) is 13.5. The Morgan fingerprint density at radius 2 is 1.50 bits per heavy atom. The molecule has 0 radical (unpaired) electrons. The molecule has 0 saturated heterocycles. The Morgan fingerprint density at radius 1 is 0.821 bits per heavy atom. The third kappa shape index (κ3) is 5.57. The zero-order valence-electron chi connectivity index (χ0n) is 18.1. The van der Waals surface area contributed by atoms with Crippen LogP contribution in [0.5, 0.6) is 0 Å². The van der Waals surface area contributed by atoms with Gasteiger partial charge in [0.25, 0.3) is 5.92 Å². The lowest BCUT2D eigenvalue weighted by Gasteiger charge is -2.41. The number of rotatable bonds is 8. The number of hydrogen-bond donors (Lipinski definition) is 0. The van der Waals surface area contributed by atoms with Crippen LogP contribution in [0.2, 0.25) is 0 Å². The summed E-state index contributed by atoms with van der Waals surface area (Å²) in [5, 5.41) is 0. The van der Waals surface area contributed by atoms with Gasteiger partial charge in [-0.25, -0.2) is 8.78 Å². The normalized spacial score (nSPS) is 30.3. The van der Waals surface area contributed by atoms with Gasteiger partial charge in [0, 0.05) is 12.3 Å². The first kappa shape index (κ1) is 21.8. The predicted molar refractivity (Wildman–Crippen MR) is 115 cm³/mol. The number of alkyl halides is 2. The minimum atomic E-state index is -2.43. The van der Waals surface area contributed by atoms with Gasteiger partial charge in [-0.15, -0.1) is 0 Å². The highest BCUT2D eigenvalue weighted by Gasteiger charge is 2.46. The monoisotopic (exact) mass is 390 g/mol. The van der Waals surface area contributed by atoms with Crippen LogP contribution in [0.15, 0.2) is 24.3 Å². The van der Waals surface area contributed by atoms with E-state index in [0.717, 1.165) is 57.8 Å². The smallest absolute Gasteiger partial charge is 0.207 e. The van der Waals surface area contributed by atoms with Crippen molar-refractivity contribution in [2.24, 2.45) is 17.8 Å². The summed E-state index contributed by atoms with van der Waals surface area (Å²) in [6.45, 7) is 4.36. The van der Waals surface area contributed by atoms with Crippen LogP contribution >= 0.6 is 0 Å². The van der Waals surface area contributed by atoms with Crippen molar-refractivity contribution in [3.63, 3.8) is 0 Å². The van der Waals surface area contributed by atoms with Crippen LogP contribution in [0.1, 0.15) is 108 Å². The molecule has 2 atom stereocenters. The van der Waals surface area contributed by atoms with Gasteiger partial charge < -0.3 is 0 Å². The van der Waals surface area contributed by atoms with E-state index >= 15 is 0 Å². The summed E-state index contributed by atoms with van der Waals surface area (Å²) in [6, 6.07) is 9.19. The molecule has 0 bridgehead atoms. The Bertz CT molecular complexity index is 569. The van der Waals surface area contributed by atoms with Gasteiger partial charge in [-0.2, -0.15) is 0 Å². The van der Waals surface area contributed by atoms with Crippen molar-refractivity contribution in [2.75, 3.05) is 0 Å². The maximum atomic E-state index is 14.7. The fraction of sp³-hybridized carbons (Fsp3) is 0.769. The molecule has 2 aliphatic rings. The van der Waals surface area contributed by atoms with Crippen molar-refractivity contribution < 1.29 is 8.78 Å². The van der Waals surface area contributed by atoms with Crippen LogP contribution in [-0.2, 0) is 6.42 Å². The van der Waals surface area contributed by atoms with Crippen LogP contribution in [0.3, 0.4) is 0 Å². The van der Waals surface area contributed by atoms with Gasteiger partial charge in [-0.3, -0.25) is 0 Å². The predicted octanol–water partition coefficient (Wildman–Crippen LogP) is 8.54. The molecular weight excluding hydrogens is 350 g/mol. The summed E-state index contributed by atoms with van der Waals surface area (Å²) < 4.78 is 29.5. The largest absolute Gasteiger partial charge is 0.251 e. The average molecular weight is 391 g/mol. The summed E-state index contributed by atoms with van der Waals surface area (Å²) in [6.07, 6.45) is 12.9. The lowest BCUT2D eigenvalue weighted by atomic mass is 9.66. The minimum Gasteiger partial charge on any atom is -0.207 e. The van der Waals surface area contributed by atoms with Crippen LogP contribution < -0.4 is 0 Å². The molecule has 3 rings (SSSR count). The Labute approximate surface area is 171 Å². The number of hydrogen-bond acceptors (Lipinski definition) is 0. The molecule has 0 aliphatic heterocycles. The second-order valence-corrected chi connectivity index (χ2v) is 9.60. The molecule has 1 aromatic carbocycles. The van der Waals surface area contributed by atoms with Gasteiger partial charge in [-0.05, 0) is 80.2 Å². The van der Waals surface area contributed by atoms with E-state index in [1.165, 1.54) is 30.4 Å².